The maximum absolute atomic E-state index is 13.0. The van der Waals surface area contributed by atoms with Gasteiger partial charge in [-0.15, -0.1) is 11.8 Å². The van der Waals surface area contributed by atoms with E-state index in [2.05, 4.69) is 15.8 Å². The minimum absolute atomic E-state index is 0.0392. The molecule has 0 aliphatic carbocycles. The van der Waals surface area contributed by atoms with Crippen molar-refractivity contribution in [2.75, 3.05) is 19.4 Å². The summed E-state index contributed by atoms with van der Waals surface area (Å²) >= 11 is 1.26. The molecule has 0 bridgehead atoms. The molecule has 0 radical (unpaired) electrons. The van der Waals surface area contributed by atoms with Crippen LogP contribution in [-0.2, 0) is 14.4 Å². The van der Waals surface area contributed by atoms with Crippen molar-refractivity contribution < 1.29 is 29.7 Å². The molecule has 5 N–H and O–H groups in total. The summed E-state index contributed by atoms with van der Waals surface area (Å²) in [7, 11) is 0. The lowest BCUT2D eigenvalue weighted by Crippen LogP contribution is -2.65. The Hall–Kier alpha value is -0.910. The Balaban J connectivity index is 1.97. The van der Waals surface area contributed by atoms with E-state index in [1.165, 1.54) is 11.8 Å². The van der Waals surface area contributed by atoms with Gasteiger partial charge in [0.15, 0.2) is 0 Å². The summed E-state index contributed by atoms with van der Waals surface area (Å²) in [5, 5.41) is 41.1. The number of nitrogens with one attached hydrogen (secondary N) is 2. The highest BCUT2D eigenvalue weighted by Gasteiger charge is 2.47. The summed E-state index contributed by atoms with van der Waals surface area (Å²) in [6.07, 6.45) is 2.42. The molecule has 10 heteroatoms. The van der Waals surface area contributed by atoms with E-state index in [0.29, 0.717) is 12.5 Å². The van der Waals surface area contributed by atoms with Crippen LogP contribution < -0.4 is 10.6 Å². The molecule has 0 aromatic heterocycles. The number of carbonyl (C=O) groups excluding carboxylic acids is 1. The van der Waals surface area contributed by atoms with Gasteiger partial charge in [-0.05, 0) is 57.2 Å². The minimum atomic E-state index is -1.33. The van der Waals surface area contributed by atoms with Gasteiger partial charge in [-0.2, -0.15) is 0 Å². The molecule has 2 heterocycles. The van der Waals surface area contributed by atoms with Crippen molar-refractivity contribution in [2.45, 2.75) is 88.4 Å². The smallest absolute Gasteiger partial charge is 0.237 e. The van der Waals surface area contributed by atoms with Gasteiger partial charge in [-0.1, -0.05) is 19.0 Å². The fourth-order valence-electron chi connectivity index (χ4n) is 4.21. The van der Waals surface area contributed by atoms with E-state index in [0.717, 1.165) is 32.2 Å². The summed E-state index contributed by atoms with van der Waals surface area (Å²) in [5.41, 5.74) is -0.669. The maximum atomic E-state index is 13.0. The van der Waals surface area contributed by atoms with Crippen LogP contribution in [0.5, 0.6) is 0 Å². The molecule has 1 amide bonds. The van der Waals surface area contributed by atoms with Gasteiger partial charge in [0.2, 0.25) is 5.91 Å². The number of rotatable bonds is 10. The van der Waals surface area contributed by atoms with Gasteiger partial charge in [0.25, 0.3) is 0 Å². The molecule has 0 saturated carbocycles. The lowest BCUT2D eigenvalue weighted by atomic mass is 9.86. The van der Waals surface area contributed by atoms with E-state index >= 15 is 0 Å². The molecular formula is C21H39N3O6S. The van der Waals surface area contributed by atoms with Crippen molar-refractivity contribution in [3.05, 3.63) is 0 Å². The number of hydrogen-bond donors (Lipinski definition) is 5. The van der Waals surface area contributed by atoms with Crippen molar-refractivity contribution >= 4 is 23.9 Å². The third kappa shape index (κ3) is 7.30. The molecule has 2 fully saturated rings. The Kier molecular flexibility index (Phi) is 11.0. The predicted octanol–water partition coefficient (Wildman–Crippen LogP) is 0.469. The van der Waals surface area contributed by atoms with Crippen LogP contribution in [0.15, 0.2) is 5.16 Å². The third-order valence-electron chi connectivity index (χ3n) is 6.03. The summed E-state index contributed by atoms with van der Waals surface area (Å²) < 4.78 is 5.89. The molecular weight excluding hydrogens is 422 g/mol. The summed E-state index contributed by atoms with van der Waals surface area (Å²) in [4.78, 5) is 18.0. The van der Waals surface area contributed by atoms with E-state index in [9.17, 15) is 20.1 Å². The fourth-order valence-corrected chi connectivity index (χ4v) is 4.89. The number of thioether (sulfide) groups is 1. The van der Waals surface area contributed by atoms with Crippen LogP contribution >= 0.6 is 11.8 Å². The molecule has 2 saturated heterocycles. The molecule has 31 heavy (non-hydrogen) atoms. The van der Waals surface area contributed by atoms with Crippen LogP contribution in [0.4, 0.5) is 0 Å². The van der Waals surface area contributed by atoms with E-state index in [4.69, 9.17) is 9.57 Å². The van der Waals surface area contributed by atoms with Crippen molar-refractivity contribution in [1.29, 1.82) is 0 Å². The molecule has 0 unspecified atom stereocenters. The van der Waals surface area contributed by atoms with Crippen LogP contribution in [0, 0.1) is 11.8 Å². The third-order valence-corrected chi connectivity index (χ3v) is 6.89. The van der Waals surface area contributed by atoms with E-state index in [1.54, 1.807) is 12.5 Å². The number of ether oxygens (including phenoxy) is 1. The molecule has 2 aliphatic rings. The highest BCUT2D eigenvalue weighted by Crippen LogP contribution is 2.30. The SMILES string of the molecule is CCO/N=C/CC[C@@H]1CCN[C@H](C(=O)N[C@H](C(C)C)[C@H]2O[C@H](SC)[C@H](O)[C@@H](O)[C@H]2O)C1. The summed E-state index contributed by atoms with van der Waals surface area (Å²) in [6.45, 7) is 7.07. The Bertz CT molecular complexity index is 579. The second kappa shape index (κ2) is 13.0. The first-order valence-corrected chi connectivity index (χ1v) is 12.5. The molecule has 0 aromatic rings. The number of nitrogens with zero attached hydrogens (tertiary/aromatic N) is 1. The van der Waals surface area contributed by atoms with Gasteiger partial charge >= 0.3 is 0 Å². The second-order valence-corrected chi connectivity index (χ2v) is 9.57. The van der Waals surface area contributed by atoms with Gasteiger partial charge in [-0.25, -0.2) is 0 Å². The van der Waals surface area contributed by atoms with Crippen molar-refractivity contribution in [3.63, 3.8) is 0 Å². The first-order valence-electron chi connectivity index (χ1n) is 11.2. The number of amides is 1. The number of oxime groups is 1. The largest absolute Gasteiger partial charge is 0.396 e. The van der Waals surface area contributed by atoms with E-state index < -0.39 is 35.9 Å². The van der Waals surface area contributed by atoms with Gasteiger partial charge in [-0.3, -0.25) is 4.79 Å². The monoisotopic (exact) mass is 461 g/mol. The van der Waals surface area contributed by atoms with Gasteiger partial charge in [0, 0.05) is 6.21 Å². The van der Waals surface area contributed by atoms with Crippen LogP contribution in [0.25, 0.3) is 0 Å². The molecule has 2 aliphatic heterocycles. The first kappa shape index (κ1) is 26.3. The predicted molar refractivity (Wildman–Crippen MR) is 121 cm³/mol. The summed E-state index contributed by atoms with van der Waals surface area (Å²) in [6, 6.07) is -0.823. The standard InChI is InChI=1S/C21H39N3O6S/c1-5-29-23-9-6-7-13-8-10-22-14(11-13)20(28)24-15(12(2)3)19-17(26)16(25)18(27)21(30-19)31-4/h9,12-19,21-22,25-27H,5-8,10-11H2,1-4H3,(H,24,28)/b23-9+/t13-,14+,15-,16+,17-,18-,19-,21-/m1/s1. The number of piperidine rings is 1. The normalized spacial score (nSPS) is 35.3. The average molecular weight is 462 g/mol. The second-order valence-electron chi connectivity index (χ2n) is 8.64. The zero-order valence-electron chi connectivity index (χ0n) is 18.9. The number of carbonyl (C=O) groups is 1. The number of aliphatic hydroxyl groups is 3. The zero-order chi connectivity index (χ0) is 23.0. The van der Waals surface area contributed by atoms with Crippen molar-refractivity contribution in [2.24, 2.45) is 17.0 Å². The quantitative estimate of drug-likeness (QED) is 0.234. The Morgan fingerprint density at radius 3 is 2.71 bits per heavy atom. The lowest BCUT2D eigenvalue weighted by Gasteiger charge is -2.44. The Morgan fingerprint density at radius 1 is 1.32 bits per heavy atom. The lowest BCUT2D eigenvalue weighted by molar-refractivity contribution is -0.208. The zero-order valence-corrected chi connectivity index (χ0v) is 19.8. The minimum Gasteiger partial charge on any atom is -0.396 e. The fraction of sp³-hybridized carbons (Fsp3) is 0.905. The van der Waals surface area contributed by atoms with Crippen LogP contribution in [0.3, 0.4) is 0 Å². The van der Waals surface area contributed by atoms with Crippen LogP contribution in [0.2, 0.25) is 0 Å². The highest BCUT2D eigenvalue weighted by atomic mass is 32.2. The van der Waals surface area contributed by atoms with Crippen LogP contribution in [-0.4, -0.2) is 88.8 Å². The van der Waals surface area contributed by atoms with Gasteiger partial charge in [0.05, 0.1) is 12.1 Å². The van der Waals surface area contributed by atoms with E-state index in [1.807, 2.05) is 20.8 Å². The van der Waals surface area contributed by atoms with Gasteiger partial charge < -0.3 is 35.5 Å². The van der Waals surface area contributed by atoms with Crippen molar-refractivity contribution in [1.82, 2.24) is 10.6 Å². The first-order chi connectivity index (χ1) is 14.8. The number of aliphatic hydroxyl groups excluding tert-OH is 3. The Morgan fingerprint density at radius 2 is 2.06 bits per heavy atom. The average Bonchev–Trinajstić information content (AvgIpc) is 2.76. The van der Waals surface area contributed by atoms with Crippen LogP contribution in [0.1, 0.15) is 46.5 Å². The Labute approximate surface area is 189 Å². The topological polar surface area (TPSA) is 133 Å². The molecule has 180 valence electrons. The maximum Gasteiger partial charge on any atom is 0.237 e. The van der Waals surface area contributed by atoms with Crippen molar-refractivity contribution in [3.8, 4) is 0 Å². The molecule has 2 rings (SSSR count). The number of hydrogen-bond acceptors (Lipinski definition) is 9. The highest BCUT2D eigenvalue weighted by molar-refractivity contribution is 7.99. The molecule has 8 atom stereocenters. The molecule has 0 spiro atoms. The van der Waals surface area contributed by atoms with E-state index in [-0.39, 0.29) is 17.9 Å². The van der Waals surface area contributed by atoms with Gasteiger partial charge in [0.1, 0.15) is 36.5 Å². The summed E-state index contributed by atoms with van der Waals surface area (Å²) in [5.74, 6) is 0.239. The molecule has 0 aromatic carbocycles. The molecule has 9 nitrogen and oxygen atoms in total.